The summed E-state index contributed by atoms with van der Waals surface area (Å²) in [5, 5.41) is 6.10. The molecule has 1 aromatic carbocycles. The van der Waals surface area contributed by atoms with E-state index in [0.29, 0.717) is 32.0 Å². The van der Waals surface area contributed by atoms with Crippen molar-refractivity contribution >= 4 is 17.8 Å². The van der Waals surface area contributed by atoms with Crippen LogP contribution in [0, 0.1) is 11.8 Å². The molecule has 1 aliphatic heterocycles. The van der Waals surface area contributed by atoms with E-state index >= 15 is 0 Å². The van der Waals surface area contributed by atoms with Crippen LogP contribution in [0.4, 0.5) is 0 Å². The van der Waals surface area contributed by atoms with E-state index in [1.54, 1.807) is 7.05 Å². The molecule has 7 heteroatoms. The number of hydrogen-bond acceptors (Lipinski definition) is 4. The molecular formula is C19H28N4O3. The fourth-order valence-corrected chi connectivity index (χ4v) is 3.10. The smallest absolute Gasteiger partial charge is 0.310 e. The molecule has 1 heterocycles. The first kappa shape index (κ1) is 19.8. The molecule has 0 saturated carbocycles. The number of amides is 1. The predicted molar refractivity (Wildman–Crippen MR) is 101 cm³/mol. The summed E-state index contributed by atoms with van der Waals surface area (Å²) in [6, 6.07) is 9.81. The third-order valence-electron chi connectivity index (χ3n) is 4.60. The third-order valence-corrected chi connectivity index (χ3v) is 4.60. The lowest BCUT2D eigenvalue weighted by atomic mass is 9.99. The zero-order chi connectivity index (χ0) is 18.9. The highest BCUT2D eigenvalue weighted by molar-refractivity contribution is 5.83. The normalized spacial score (nSPS) is 20.0. The van der Waals surface area contributed by atoms with Gasteiger partial charge in [-0.3, -0.25) is 14.6 Å². The van der Waals surface area contributed by atoms with Crippen LogP contribution in [0.25, 0.3) is 0 Å². The molecular weight excluding hydrogens is 332 g/mol. The molecule has 0 aromatic heterocycles. The SMILES string of the molecule is CN=C(NCCC(=O)NCc1ccccc1)N1CC(C)C(C(=O)OC)C1. The van der Waals surface area contributed by atoms with Crippen molar-refractivity contribution in [3.8, 4) is 0 Å². The Morgan fingerprint density at radius 1 is 1.23 bits per heavy atom. The third kappa shape index (κ3) is 5.47. The van der Waals surface area contributed by atoms with Crippen LogP contribution in [-0.2, 0) is 20.9 Å². The fourth-order valence-electron chi connectivity index (χ4n) is 3.10. The Morgan fingerprint density at radius 3 is 2.62 bits per heavy atom. The van der Waals surface area contributed by atoms with Crippen LogP contribution in [-0.4, -0.2) is 56.5 Å². The number of benzene rings is 1. The molecule has 26 heavy (non-hydrogen) atoms. The van der Waals surface area contributed by atoms with Gasteiger partial charge in [-0.1, -0.05) is 37.3 Å². The number of esters is 1. The summed E-state index contributed by atoms with van der Waals surface area (Å²) in [6.07, 6.45) is 0.357. The van der Waals surface area contributed by atoms with Gasteiger partial charge in [-0.05, 0) is 11.5 Å². The molecule has 2 N–H and O–H groups in total. The molecule has 0 spiro atoms. The molecule has 0 aliphatic carbocycles. The highest BCUT2D eigenvalue weighted by Gasteiger charge is 2.36. The first-order valence-electron chi connectivity index (χ1n) is 8.89. The van der Waals surface area contributed by atoms with E-state index in [9.17, 15) is 9.59 Å². The second kappa shape index (κ2) is 9.79. The number of likely N-dealkylation sites (tertiary alicyclic amines) is 1. The highest BCUT2D eigenvalue weighted by Crippen LogP contribution is 2.23. The molecule has 142 valence electrons. The van der Waals surface area contributed by atoms with E-state index < -0.39 is 0 Å². The van der Waals surface area contributed by atoms with Crippen molar-refractivity contribution < 1.29 is 14.3 Å². The summed E-state index contributed by atoms with van der Waals surface area (Å²) >= 11 is 0. The van der Waals surface area contributed by atoms with Gasteiger partial charge < -0.3 is 20.3 Å². The number of carbonyl (C=O) groups is 2. The monoisotopic (exact) mass is 360 g/mol. The van der Waals surface area contributed by atoms with Gasteiger partial charge in [0.25, 0.3) is 0 Å². The van der Waals surface area contributed by atoms with Crippen molar-refractivity contribution in [3.63, 3.8) is 0 Å². The molecule has 0 radical (unpaired) electrons. The Morgan fingerprint density at radius 2 is 1.96 bits per heavy atom. The summed E-state index contributed by atoms with van der Waals surface area (Å²) in [5.74, 6) is 0.566. The van der Waals surface area contributed by atoms with Crippen LogP contribution >= 0.6 is 0 Å². The van der Waals surface area contributed by atoms with Gasteiger partial charge in [0.05, 0.1) is 13.0 Å². The number of aliphatic imine (C=N–C) groups is 1. The van der Waals surface area contributed by atoms with E-state index in [0.717, 1.165) is 12.1 Å². The summed E-state index contributed by atoms with van der Waals surface area (Å²) in [6.45, 7) is 4.36. The highest BCUT2D eigenvalue weighted by atomic mass is 16.5. The Balaban J connectivity index is 1.73. The Labute approximate surface area is 154 Å². The van der Waals surface area contributed by atoms with Crippen LogP contribution in [0.2, 0.25) is 0 Å². The topological polar surface area (TPSA) is 83.0 Å². The van der Waals surface area contributed by atoms with Gasteiger partial charge >= 0.3 is 5.97 Å². The molecule has 2 atom stereocenters. The summed E-state index contributed by atoms with van der Waals surface area (Å²) in [4.78, 5) is 30.1. The second-order valence-corrected chi connectivity index (χ2v) is 6.50. The molecule has 7 nitrogen and oxygen atoms in total. The Bertz CT molecular complexity index is 633. The number of nitrogens with zero attached hydrogens (tertiary/aromatic N) is 2. The molecule has 1 saturated heterocycles. The predicted octanol–water partition coefficient (Wildman–Crippen LogP) is 1.01. The van der Waals surface area contributed by atoms with Crippen LogP contribution in [0.5, 0.6) is 0 Å². The van der Waals surface area contributed by atoms with Gasteiger partial charge in [0, 0.05) is 39.6 Å². The lowest BCUT2D eigenvalue weighted by Gasteiger charge is -2.21. The van der Waals surface area contributed by atoms with Crippen molar-refractivity contribution in [2.45, 2.75) is 19.9 Å². The second-order valence-electron chi connectivity index (χ2n) is 6.50. The van der Waals surface area contributed by atoms with E-state index in [1.165, 1.54) is 7.11 Å². The number of nitrogens with one attached hydrogen (secondary N) is 2. The molecule has 2 unspecified atom stereocenters. The minimum atomic E-state index is -0.184. The molecule has 1 fully saturated rings. The maximum Gasteiger partial charge on any atom is 0.310 e. The van der Waals surface area contributed by atoms with Gasteiger partial charge in [-0.25, -0.2) is 0 Å². The average molecular weight is 360 g/mol. The molecule has 1 amide bonds. The van der Waals surface area contributed by atoms with E-state index in [2.05, 4.69) is 15.6 Å². The zero-order valence-corrected chi connectivity index (χ0v) is 15.7. The van der Waals surface area contributed by atoms with Crippen molar-refractivity contribution in [2.24, 2.45) is 16.8 Å². The van der Waals surface area contributed by atoms with Crippen LogP contribution < -0.4 is 10.6 Å². The van der Waals surface area contributed by atoms with Crippen molar-refractivity contribution in [2.75, 3.05) is 33.8 Å². The van der Waals surface area contributed by atoms with Crippen molar-refractivity contribution in [1.82, 2.24) is 15.5 Å². The quantitative estimate of drug-likeness (QED) is 0.449. The van der Waals surface area contributed by atoms with E-state index in [-0.39, 0.29) is 23.7 Å². The Kier molecular flexibility index (Phi) is 7.44. The first-order chi connectivity index (χ1) is 12.5. The van der Waals surface area contributed by atoms with E-state index in [1.807, 2.05) is 42.2 Å². The lowest BCUT2D eigenvalue weighted by molar-refractivity contribution is -0.146. The standard InChI is InChI=1S/C19H28N4O3/c1-14-12-23(13-16(14)18(25)26-3)19(20-2)21-10-9-17(24)22-11-15-7-5-4-6-8-15/h4-8,14,16H,9-13H2,1-3H3,(H,20,21)(H,22,24). The van der Waals surface area contributed by atoms with Gasteiger partial charge in [-0.2, -0.15) is 0 Å². The maximum atomic E-state index is 12.0. The van der Waals surface area contributed by atoms with Gasteiger partial charge in [0.1, 0.15) is 0 Å². The number of guanidine groups is 1. The fraction of sp³-hybridized carbons (Fsp3) is 0.526. The summed E-state index contributed by atoms with van der Waals surface area (Å²) < 4.78 is 4.86. The van der Waals surface area contributed by atoms with Crippen molar-refractivity contribution in [1.29, 1.82) is 0 Å². The molecule has 0 bridgehead atoms. The van der Waals surface area contributed by atoms with Gasteiger partial charge in [-0.15, -0.1) is 0 Å². The van der Waals surface area contributed by atoms with E-state index in [4.69, 9.17) is 4.74 Å². The number of ether oxygens (including phenoxy) is 1. The van der Waals surface area contributed by atoms with Gasteiger partial charge in [0.2, 0.25) is 5.91 Å². The molecule has 1 aromatic rings. The average Bonchev–Trinajstić information content (AvgIpc) is 3.05. The maximum absolute atomic E-state index is 12.0. The zero-order valence-electron chi connectivity index (χ0n) is 15.7. The van der Waals surface area contributed by atoms with Crippen molar-refractivity contribution in [3.05, 3.63) is 35.9 Å². The van der Waals surface area contributed by atoms with Crippen LogP contribution in [0.15, 0.2) is 35.3 Å². The minimum Gasteiger partial charge on any atom is -0.469 e. The minimum absolute atomic E-state index is 0.0148. The largest absolute Gasteiger partial charge is 0.469 e. The summed E-state index contributed by atoms with van der Waals surface area (Å²) in [5.41, 5.74) is 1.07. The number of rotatable bonds is 6. The van der Waals surface area contributed by atoms with Crippen LogP contribution in [0.3, 0.4) is 0 Å². The Hall–Kier alpha value is -2.57. The summed E-state index contributed by atoms with van der Waals surface area (Å²) in [7, 11) is 3.12. The first-order valence-corrected chi connectivity index (χ1v) is 8.89. The molecule has 2 rings (SSSR count). The van der Waals surface area contributed by atoms with Crippen LogP contribution in [0.1, 0.15) is 18.9 Å². The number of hydrogen-bond donors (Lipinski definition) is 2. The number of carbonyl (C=O) groups excluding carboxylic acids is 2. The molecule has 1 aliphatic rings. The lowest BCUT2D eigenvalue weighted by Crippen LogP contribution is -2.42. The van der Waals surface area contributed by atoms with Gasteiger partial charge in [0.15, 0.2) is 5.96 Å². The number of methoxy groups -OCH3 is 1.